The Morgan fingerprint density at radius 3 is 2.79 bits per heavy atom. The van der Waals surface area contributed by atoms with Crippen LogP contribution in [0.1, 0.15) is 22.4 Å². The van der Waals surface area contributed by atoms with Gasteiger partial charge in [-0.25, -0.2) is 4.98 Å². The SMILES string of the molecule is Cc1ccc(Cl)cc1Nc1nc(C)c(Cc2cccnc2)c(=O)[nH]1. The quantitative estimate of drug-likeness (QED) is 0.758. The summed E-state index contributed by atoms with van der Waals surface area (Å²) < 4.78 is 0. The van der Waals surface area contributed by atoms with E-state index in [0.29, 0.717) is 28.6 Å². The van der Waals surface area contributed by atoms with Crippen molar-refractivity contribution in [2.45, 2.75) is 20.3 Å². The summed E-state index contributed by atoms with van der Waals surface area (Å²) in [5.41, 5.74) is 3.96. The van der Waals surface area contributed by atoms with Gasteiger partial charge in [-0.05, 0) is 43.2 Å². The van der Waals surface area contributed by atoms with Gasteiger partial charge in [0.2, 0.25) is 5.95 Å². The molecule has 0 radical (unpaired) electrons. The highest BCUT2D eigenvalue weighted by Gasteiger charge is 2.10. The minimum atomic E-state index is -0.159. The molecule has 6 heteroatoms. The van der Waals surface area contributed by atoms with Crippen LogP contribution in [-0.2, 0) is 6.42 Å². The monoisotopic (exact) mass is 340 g/mol. The smallest absolute Gasteiger partial charge is 0.256 e. The standard InChI is InChI=1S/C18H17ClN4O/c1-11-5-6-14(19)9-16(11)22-18-21-12(2)15(17(24)23-18)8-13-4-3-7-20-10-13/h3-7,9-10H,8H2,1-2H3,(H2,21,22,23,24). The van der Waals surface area contributed by atoms with Crippen LogP contribution in [0.5, 0.6) is 0 Å². The second-order valence-corrected chi connectivity index (χ2v) is 6.04. The molecule has 1 aromatic carbocycles. The van der Waals surface area contributed by atoms with Crippen LogP contribution in [0.25, 0.3) is 0 Å². The normalized spacial score (nSPS) is 10.6. The summed E-state index contributed by atoms with van der Waals surface area (Å²) >= 11 is 6.02. The topological polar surface area (TPSA) is 70.7 Å². The van der Waals surface area contributed by atoms with Crippen LogP contribution < -0.4 is 10.9 Å². The van der Waals surface area contributed by atoms with Crippen molar-refractivity contribution < 1.29 is 0 Å². The molecule has 0 unspecified atom stereocenters. The first-order valence-corrected chi connectivity index (χ1v) is 7.92. The lowest BCUT2D eigenvalue weighted by Crippen LogP contribution is -2.18. The predicted octanol–water partition coefficient (Wildman–Crippen LogP) is 3.77. The van der Waals surface area contributed by atoms with Crippen LogP contribution in [0.3, 0.4) is 0 Å². The fraction of sp³-hybridized carbons (Fsp3) is 0.167. The summed E-state index contributed by atoms with van der Waals surface area (Å²) in [6, 6.07) is 9.32. The van der Waals surface area contributed by atoms with E-state index in [1.807, 2.05) is 38.1 Å². The number of aromatic nitrogens is 3. The molecular formula is C18H17ClN4O. The number of rotatable bonds is 4. The number of aromatic amines is 1. The number of aryl methyl sites for hydroxylation is 2. The Hall–Kier alpha value is -2.66. The highest BCUT2D eigenvalue weighted by molar-refractivity contribution is 6.30. The number of benzene rings is 1. The maximum Gasteiger partial charge on any atom is 0.256 e. The van der Waals surface area contributed by atoms with E-state index in [1.165, 1.54) is 0 Å². The van der Waals surface area contributed by atoms with E-state index in [-0.39, 0.29) is 5.56 Å². The van der Waals surface area contributed by atoms with Crippen LogP contribution in [0, 0.1) is 13.8 Å². The van der Waals surface area contributed by atoms with Gasteiger partial charge >= 0.3 is 0 Å². The van der Waals surface area contributed by atoms with Crippen LogP contribution >= 0.6 is 11.6 Å². The molecule has 0 saturated heterocycles. The zero-order valence-electron chi connectivity index (χ0n) is 13.4. The molecule has 0 aliphatic carbocycles. The molecule has 122 valence electrons. The molecule has 3 rings (SSSR count). The maximum absolute atomic E-state index is 12.4. The van der Waals surface area contributed by atoms with E-state index in [4.69, 9.17) is 11.6 Å². The largest absolute Gasteiger partial charge is 0.325 e. The van der Waals surface area contributed by atoms with Crippen molar-refractivity contribution in [3.05, 3.63) is 80.5 Å². The average molecular weight is 341 g/mol. The summed E-state index contributed by atoms with van der Waals surface area (Å²) in [7, 11) is 0. The zero-order chi connectivity index (χ0) is 17.1. The average Bonchev–Trinajstić information content (AvgIpc) is 2.55. The lowest BCUT2D eigenvalue weighted by molar-refractivity contribution is 0.980. The van der Waals surface area contributed by atoms with Gasteiger partial charge in [0.05, 0.1) is 5.69 Å². The van der Waals surface area contributed by atoms with Crippen LogP contribution in [0.15, 0.2) is 47.5 Å². The van der Waals surface area contributed by atoms with Crippen molar-refractivity contribution in [1.82, 2.24) is 15.0 Å². The molecule has 3 aromatic rings. The molecule has 5 nitrogen and oxygen atoms in total. The van der Waals surface area contributed by atoms with Crippen molar-refractivity contribution in [3.63, 3.8) is 0 Å². The van der Waals surface area contributed by atoms with Gasteiger partial charge in [0.1, 0.15) is 0 Å². The molecule has 2 heterocycles. The van der Waals surface area contributed by atoms with Gasteiger partial charge in [0, 0.05) is 35.1 Å². The van der Waals surface area contributed by atoms with Gasteiger partial charge in [0.15, 0.2) is 0 Å². The van der Waals surface area contributed by atoms with E-state index < -0.39 is 0 Å². The van der Waals surface area contributed by atoms with Gasteiger partial charge in [-0.15, -0.1) is 0 Å². The van der Waals surface area contributed by atoms with Crippen molar-refractivity contribution in [1.29, 1.82) is 0 Å². The summed E-state index contributed by atoms with van der Waals surface area (Å²) in [5.74, 6) is 0.401. The molecule has 24 heavy (non-hydrogen) atoms. The number of hydrogen-bond acceptors (Lipinski definition) is 4. The van der Waals surface area contributed by atoms with Crippen molar-refractivity contribution in [2.24, 2.45) is 0 Å². The van der Waals surface area contributed by atoms with Crippen molar-refractivity contribution in [2.75, 3.05) is 5.32 Å². The number of pyridine rings is 1. The van der Waals surface area contributed by atoms with Gasteiger partial charge in [0.25, 0.3) is 5.56 Å². The number of hydrogen-bond donors (Lipinski definition) is 2. The first-order chi connectivity index (χ1) is 11.5. The molecule has 0 saturated carbocycles. The van der Waals surface area contributed by atoms with Crippen LogP contribution in [0.4, 0.5) is 11.6 Å². The Balaban J connectivity index is 1.90. The molecule has 0 fully saturated rings. The second-order valence-electron chi connectivity index (χ2n) is 5.60. The van der Waals surface area contributed by atoms with E-state index in [9.17, 15) is 4.79 Å². The predicted molar refractivity (Wildman–Crippen MR) is 96.1 cm³/mol. The first-order valence-electron chi connectivity index (χ1n) is 7.55. The number of halogens is 1. The Morgan fingerprint density at radius 2 is 2.08 bits per heavy atom. The first kappa shape index (κ1) is 16.2. The van der Waals surface area contributed by atoms with Gasteiger partial charge in [-0.2, -0.15) is 0 Å². The summed E-state index contributed by atoms with van der Waals surface area (Å²) in [6.07, 6.45) is 3.96. The summed E-state index contributed by atoms with van der Waals surface area (Å²) in [4.78, 5) is 23.8. The zero-order valence-corrected chi connectivity index (χ0v) is 14.2. The van der Waals surface area contributed by atoms with E-state index in [0.717, 1.165) is 16.8 Å². The Bertz CT molecular complexity index is 922. The molecule has 2 aromatic heterocycles. The third-order valence-electron chi connectivity index (χ3n) is 3.78. The van der Waals surface area contributed by atoms with E-state index in [1.54, 1.807) is 18.5 Å². The number of nitrogens with zero attached hydrogens (tertiary/aromatic N) is 2. The number of anilines is 2. The third-order valence-corrected chi connectivity index (χ3v) is 4.01. The molecule has 0 aliphatic rings. The highest BCUT2D eigenvalue weighted by Crippen LogP contribution is 2.22. The summed E-state index contributed by atoms with van der Waals surface area (Å²) in [5, 5.41) is 3.74. The molecule has 0 amide bonds. The molecule has 0 spiro atoms. The number of nitrogens with one attached hydrogen (secondary N) is 2. The van der Waals surface area contributed by atoms with Crippen molar-refractivity contribution in [3.8, 4) is 0 Å². The van der Waals surface area contributed by atoms with Gasteiger partial charge < -0.3 is 5.32 Å². The molecule has 0 bridgehead atoms. The minimum absolute atomic E-state index is 0.159. The van der Waals surface area contributed by atoms with Gasteiger partial charge in [-0.3, -0.25) is 14.8 Å². The third kappa shape index (κ3) is 3.63. The Labute approximate surface area is 144 Å². The lowest BCUT2D eigenvalue weighted by Gasteiger charge is -2.11. The maximum atomic E-state index is 12.4. The van der Waals surface area contributed by atoms with E-state index in [2.05, 4.69) is 20.3 Å². The van der Waals surface area contributed by atoms with Gasteiger partial charge in [-0.1, -0.05) is 23.7 Å². The minimum Gasteiger partial charge on any atom is -0.325 e. The fourth-order valence-corrected chi connectivity index (χ4v) is 2.61. The fourth-order valence-electron chi connectivity index (χ4n) is 2.44. The second kappa shape index (κ2) is 6.84. The van der Waals surface area contributed by atoms with Crippen LogP contribution in [-0.4, -0.2) is 15.0 Å². The highest BCUT2D eigenvalue weighted by atomic mass is 35.5. The van der Waals surface area contributed by atoms with Crippen molar-refractivity contribution >= 4 is 23.2 Å². The molecule has 0 atom stereocenters. The number of H-pyrrole nitrogens is 1. The van der Waals surface area contributed by atoms with E-state index >= 15 is 0 Å². The molecule has 0 aliphatic heterocycles. The summed E-state index contributed by atoms with van der Waals surface area (Å²) in [6.45, 7) is 3.79. The Morgan fingerprint density at radius 1 is 1.25 bits per heavy atom. The molecule has 2 N–H and O–H groups in total. The van der Waals surface area contributed by atoms with Crippen LogP contribution in [0.2, 0.25) is 5.02 Å². The Kier molecular flexibility index (Phi) is 4.62. The molecular weight excluding hydrogens is 324 g/mol. The lowest BCUT2D eigenvalue weighted by atomic mass is 10.1.